The molecule has 0 fully saturated rings. The maximum Gasteiger partial charge on any atom is 0.499 e. The predicted molar refractivity (Wildman–Crippen MR) is 63.4 cm³/mol. The molecule has 0 spiro atoms. The Morgan fingerprint density at radius 1 is 1.07 bits per heavy atom. The second kappa shape index (κ2) is 9.81. The smallest absolute Gasteiger partial charge is 0.426 e. The van der Waals surface area contributed by atoms with Gasteiger partial charge in [0.2, 0.25) is 0 Å². The zero-order valence-electron chi connectivity index (χ0n) is 10.4. The zero-order chi connectivity index (χ0) is 11.6. The molecule has 0 unspecified atom stereocenters. The molecule has 0 aromatic heterocycles. The molecular formula is C8H24O4Si2. The van der Waals surface area contributed by atoms with Crippen LogP contribution in [0, 0.1) is 0 Å². The molecule has 0 N–H and O–H groups in total. The summed E-state index contributed by atoms with van der Waals surface area (Å²) in [6, 6.07) is 0.816. The van der Waals surface area contributed by atoms with Crippen LogP contribution in [0.2, 0.25) is 6.04 Å². The van der Waals surface area contributed by atoms with Gasteiger partial charge in [-0.25, -0.2) is 0 Å². The average molecular weight is 240 g/mol. The Morgan fingerprint density at radius 3 is 1.36 bits per heavy atom. The largest absolute Gasteiger partial charge is 0.499 e. The summed E-state index contributed by atoms with van der Waals surface area (Å²) in [6.45, 7) is 6.06. The summed E-state index contributed by atoms with van der Waals surface area (Å²) in [6.07, 6.45) is 0.446. The van der Waals surface area contributed by atoms with Gasteiger partial charge in [-0.3, -0.25) is 0 Å². The van der Waals surface area contributed by atoms with Gasteiger partial charge in [0.05, 0.1) is 0 Å². The highest BCUT2D eigenvalue weighted by atomic mass is 28.4. The maximum absolute atomic E-state index is 5.08. The van der Waals surface area contributed by atoms with Gasteiger partial charge in [-0.2, -0.15) is 0 Å². The highest BCUT2D eigenvalue weighted by Gasteiger charge is 2.34. The lowest BCUT2D eigenvalue weighted by atomic mass is 10.5. The second-order valence-electron chi connectivity index (χ2n) is 2.93. The van der Waals surface area contributed by atoms with Crippen LogP contribution in [0.25, 0.3) is 0 Å². The highest BCUT2D eigenvalue weighted by molar-refractivity contribution is 6.60. The molecule has 0 radical (unpaired) electrons. The molecule has 14 heavy (non-hydrogen) atoms. The van der Waals surface area contributed by atoms with E-state index in [0.29, 0.717) is 6.10 Å². The third-order valence-electron chi connectivity index (χ3n) is 1.84. The number of rotatable bonds is 5. The molecule has 6 heteroatoms. The molecule has 0 aliphatic rings. The minimum Gasteiger partial charge on any atom is -0.426 e. The van der Waals surface area contributed by atoms with E-state index in [1.54, 1.807) is 21.3 Å². The highest BCUT2D eigenvalue weighted by Crippen LogP contribution is 2.10. The normalized spacial score (nSPS) is 11.4. The molecule has 0 aromatic carbocycles. The molecule has 0 saturated heterocycles. The Labute approximate surface area is 91.8 Å². The number of hydrogen-bond acceptors (Lipinski definition) is 4. The zero-order valence-corrected chi connectivity index (χ0v) is 13.4. The summed E-state index contributed by atoms with van der Waals surface area (Å²) in [4.78, 5) is 0. The summed E-state index contributed by atoms with van der Waals surface area (Å²) in [5.41, 5.74) is 0. The van der Waals surface area contributed by atoms with Crippen LogP contribution in [0.3, 0.4) is 0 Å². The van der Waals surface area contributed by atoms with E-state index in [1.165, 1.54) is 0 Å². The van der Waals surface area contributed by atoms with Crippen LogP contribution in [0.15, 0.2) is 0 Å². The average Bonchev–Trinajstić information content (AvgIpc) is 2.23. The molecule has 0 bridgehead atoms. The lowest BCUT2D eigenvalue weighted by Crippen LogP contribution is -2.41. The van der Waals surface area contributed by atoms with Crippen molar-refractivity contribution in [1.82, 2.24) is 0 Å². The quantitative estimate of drug-likeness (QED) is 0.659. The van der Waals surface area contributed by atoms with Crippen molar-refractivity contribution in [2.75, 3.05) is 21.3 Å². The van der Waals surface area contributed by atoms with Crippen molar-refractivity contribution in [2.24, 2.45) is 0 Å². The summed E-state index contributed by atoms with van der Waals surface area (Å²) in [7, 11) is 3.52. The maximum atomic E-state index is 5.08. The van der Waals surface area contributed by atoms with E-state index in [-0.39, 0.29) is 0 Å². The van der Waals surface area contributed by atoms with Gasteiger partial charge in [-0.1, -0.05) is 6.92 Å². The van der Waals surface area contributed by atoms with Gasteiger partial charge < -0.3 is 17.7 Å². The molecule has 0 aliphatic carbocycles. The van der Waals surface area contributed by atoms with Crippen molar-refractivity contribution in [1.29, 1.82) is 0 Å². The van der Waals surface area contributed by atoms with Crippen LogP contribution in [0.5, 0.6) is 0 Å². The monoisotopic (exact) mass is 240 g/mol. The van der Waals surface area contributed by atoms with Gasteiger partial charge >= 0.3 is 8.80 Å². The van der Waals surface area contributed by atoms with Gasteiger partial charge in [0, 0.05) is 33.5 Å². The topological polar surface area (TPSA) is 36.9 Å². The molecule has 0 amide bonds. The summed E-state index contributed by atoms with van der Waals surface area (Å²) in [5.74, 6) is 0. The minimum atomic E-state index is -2.19. The summed E-state index contributed by atoms with van der Waals surface area (Å²) in [5, 5.41) is 0. The fourth-order valence-electron chi connectivity index (χ4n) is 0.683. The van der Waals surface area contributed by atoms with E-state index in [1.807, 2.05) is 20.8 Å². The molecule has 0 aromatic rings. The lowest BCUT2D eigenvalue weighted by Gasteiger charge is -2.22. The third kappa shape index (κ3) is 7.66. The lowest BCUT2D eigenvalue weighted by molar-refractivity contribution is 0.125. The van der Waals surface area contributed by atoms with Crippen molar-refractivity contribution >= 4 is 19.3 Å². The third-order valence-corrected chi connectivity index (χ3v) is 5.51. The Morgan fingerprint density at radius 2 is 1.36 bits per heavy atom. The van der Waals surface area contributed by atoms with E-state index in [2.05, 4.69) is 0 Å². The molecule has 0 rings (SSSR count). The van der Waals surface area contributed by atoms with Gasteiger partial charge in [0.15, 0.2) is 0 Å². The molecule has 0 aliphatic heterocycles. The van der Waals surface area contributed by atoms with Crippen LogP contribution in [-0.4, -0.2) is 46.7 Å². The van der Waals surface area contributed by atoms with Crippen molar-refractivity contribution in [3.05, 3.63) is 0 Å². The van der Waals surface area contributed by atoms with Crippen LogP contribution in [-0.2, 0) is 17.7 Å². The Hall–Kier alpha value is 0.274. The molecule has 4 nitrogen and oxygen atoms in total. The summed E-state index contributed by atoms with van der Waals surface area (Å²) < 4.78 is 20.1. The molecule has 0 atom stereocenters. The van der Waals surface area contributed by atoms with Gasteiger partial charge in [0.1, 0.15) is 10.5 Å². The van der Waals surface area contributed by atoms with Gasteiger partial charge in [-0.15, -0.1) is 0 Å². The van der Waals surface area contributed by atoms with Crippen LogP contribution in [0.1, 0.15) is 20.8 Å². The first kappa shape index (κ1) is 16.7. The first-order chi connectivity index (χ1) is 6.51. The van der Waals surface area contributed by atoms with E-state index in [4.69, 9.17) is 17.7 Å². The van der Waals surface area contributed by atoms with E-state index >= 15 is 0 Å². The first-order valence-electron chi connectivity index (χ1n) is 4.70. The van der Waals surface area contributed by atoms with E-state index in [0.717, 1.165) is 16.5 Å². The Bertz CT molecular complexity index is 100. The van der Waals surface area contributed by atoms with Gasteiger partial charge in [-0.05, 0) is 13.8 Å². The van der Waals surface area contributed by atoms with Crippen LogP contribution in [0.4, 0.5) is 0 Å². The number of hydrogen-bond donors (Lipinski definition) is 0. The fourth-order valence-corrected chi connectivity index (χ4v) is 2.05. The molecule has 88 valence electrons. The van der Waals surface area contributed by atoms with Crippen molar-refractivity contribution in [2.45, 2.75) is 32.9 Å². The van der Waals surface area contributed by atoms with Crippen molar-refractivity contribution < 1.29 is 17.7 Å². The van der Waals surface area contributed by atoms with Crippen LogP contribution >= 0.6 is 0 Å². The van der Waals surface area contributed by atoms with Crippen LogP contribution < -0.4 is 0 Å². The Kier molecular flexibility index (Phi) is 11.7. The predicted octanol–water partition coefficient (Wildman–Crippen LogP) is 0.576. The fraction of sp³-hybridized carbons (Fsp3) is 1.00. The molecule has 0 heterocycles. The SMILES string of the molecule is CC(C)O[SiH3].CC[Si](OC)(OC)OC. The summed E-state index contributed by atoms with van der Waals surface area (Å²) >= 11 is 0. The van der Waals surface area contributed by atoms with Crippen molar-refractivity contribution in [3.8, 4) is 0 Å². The van der Waals surface area contributed by atoms with E-state index < -0.39 is 8.80 Å². The molecule has 0 saturated carbocycles. The van der Waals surface area contributed by atoms with E-state index in [9.17, 15) is 0 Å². The van der Waals surface area contributed by atoms with Gasteiger partial charge in [0.25, 0.3) is 0 Å². The minimum absolute atomic E-state index is 0.446. The first-order valence-corrected chi connectivity index (χ1v) is 7.44. The molecular weight excluding hydrogens is 216 g/mol. The standard InChI is InChI=1S/C5H14O3Si.C3H10OSi/c1-5-9(6-2,7-3)8-4;1-3(2)4-5/h5H2,1-4H3;3H,1-2,5H3. The Balaban J connectivity index is 0. The second-order valence-corrected chi connectivity index (χ2v) is 6.70. The van der Waals surface area contributed by atoms with Crippen molar-refractivity contribution in [3.63, 3.8) is 0 Å².